The molecule has 0 fully saturated rings. The Hall–Kier alpha value is -4.76. The highest BCUT2D eigenvalue weighted by Crippen LogP contribution is 2.35. The van der Waals surface area contributed by atoms with Crippen molar-refractivity contribution in [3.63, 3.8) is 0 Å². The number of rotatable bonds is 7. The van der Waals surface area contributed by atoms with Gasteiger partial charge in [-0.05, 0) is 108 Å². The Bertz CT molecular complexity index is 1390. The van der Waals surface area contributed by atoms with Gasteiger partial charge in [0, 0.05) is 41.8 Å². The van der Waals surface area contributed by atoms with E-state index in [1.807, 2.05) is 55.1 Å². The fraction of sp³-hybridized carbons (Fsp3) is 0.0588. The van der Waals surface area contributed by atoms with E-state index in [1.54, 1.807) is 0 Å². The maximum absolute atomic E-state index is 4.12. The predicted octanol–water partition coefficient (Wildman–Crippen LogP) is 9.07. The van der Waals surface area contributed by atoms with Gasteiger partial charge in [0.2, 0.25) is 0 Å². The van der Waals surface area contributed by atoms with Crippen molar-refractivity contribution in [1.82, 2.24) is 9.97 Å². The summed E-state index contributed by atoms with van der Waals surface area (Å²) in [6.45, 7) is 4.26. The lowest BCUT2D eigenvalue weighted by molar-refractivity contribution is 1.28. The molecule has 5 aromatic rings. The molecular formula is C34H29N3. The number of pyridine rings is 2. The highest BCUT2D eigenvalue weighted by molar-refractivity contribution is 5.83. The first-order chi connectivity index (χ1) is 18.2. The van der Waals surface area contributed by atoms with Gasteiger partial charge in [0.25, 0.3) is 0 Å². The number of benzene rings is 3. The summed E-state index contributed by atoms with van der Waals surface area (Å²) in [6, 6.07) is 36.0. The molecule has 37 heavy (non-hydrogen) atoms. The minimum atomic E-state index is 1.11. The molecule has 0 spiro atoms. The van der Waals surface area contributed by atoms with Crippen LogP contribution >= 0.6 is 0 Å². The summed E-state index contributed by atoms with van der Waals surface area (Å²) in [6.07, 6.45) is 11.7. The van der Waals surface area contributed by atoms with Crippen LogP contribution in [0, 0.1) is 0 Å². The summed E-state index contributed by atoms with van der Waals surface area (Å²) in [7, 11) is 0. The summed E-state index contributed by atoms with van der Waals surface area (Å²) in [4.78, 5) is 10.5. The molecule has 0 aliphatic carbocycles. The van der Waals surface area contributed by atoms with Crippen LogP contribution in [-0.2, 0) is 0 Å². The molecule has 0 aliphatic rings. The summed E-state index contributed by atoms with van der Waals surface area (Å²) in [5.74, 6) is 0. The molecule has 2 heterocycles. The van der Waals surface area contributed by atoms with Crippen molar-refractivity contribution in [3.8, 4) is 0 Å². The third-order valence-electron chi connectivity index (χ3n) is 6.35. The van der Waals surface area contributed by atoms with Gasteiger partial charge in [-0.1, -0.05) is 54.6 Å². The van der Waals surface area contributed by atoms with Gasteiger partial charge in [-0.3, -0.25) is 9.97 Å². The predicted molar refractivity (Wildman–Crippen MR) is 157 cm³/mol. The second-order valence-corrected chi connectivity index (χ2v) is 8.98. The zero-order valence-corrected chi connectivity index (χ0v) is 21.1. The van der Waals surface area contributed by atoms with E-state index in [1.165, 1.54) is 22.3 Å². The van der Waals surface area contributed by atoms with Crippen molar-refractivity contribution in [1.29, 1.82) is 0 Å². The van der Waals surface area contributed by atoms with Gasteiger partial charge in [0.15, 0.2) is 0 Å². The number of hydrogen-bond donors (Lipinski definition) is 0. The fourth-order valence-electron chi connectivity index (χ4n) is 4.36. The van der Waals surface area contributed by atoms with Crippen molar-refractivity contribution in [2.75, 3.05) is 4.90 Å². The van der Waals surface area contributed by atoms with Crippen LogP contribution in [0.1, 0.15) is 36.1 Å². The number of nitrogens with zero attached hydrogens (tertiary/aromatic N) is 3. The average Bonchev–Trinajstić information content (AvgIpc) is 2.96. The van der Waals surface area contributed by atoms with Crippen molar-refractivity contribution in [2.24, 2.45) is 0 Å². The first-order valence-corrected chi connectivity index (χ1v) is 12.4. The van der Waals surface area contributed by atoms with E-state index in [0.29, 0.717) is 0 Å². The molecule has 0 bridgehead atoms. The lowest BCUT2D eigenvalue weighted by Crippen LogP contribution is -2.09. The SMILES string of the molecule is CC(=Cc1ccc(N(c2ccccc2)c2ccc(C=C(C)c3ccncc3)cc2)cc1)c1ccncc1. The average molecular weight is 480 g/mol. The quantitative estimate of drug-likeness (QED) is 0.233. The Labute approximate surface area is 219 Å². The number of hydrogen-bond acceptors (Lipinski definition) is 3. The normalized spacial score (nSPS) is 11.8. The van der Waals surface area contributed by atoms with Crippen molar-refractivity contribution in [2.45, 2.75) is 13.8 Å². The Kier molecular flexibility index (Phi) is 7.33. The summed E-state index contributed by atoms with van der Waals surface area (Å²) < 4.78 is 0. The second kappa shape index (κ2) is 11.3. The maximum Gasteiger partial charge on any atom is 0.0462 e. The Morgan fingerprint density at radius 1 is 0.486 bits per heavy atom. The van der Waals surface area contributed by atoms with Crippen LogP contribution in [0.2, 0.25) is 0 Å². The van der Waals surface area contributed by atoms with Gasteiger partial charge in [-0.25, -0.2) is 0 Å². The summed E-state index contributed by atoms with van der Waals surface area (Å²) >= 11 is 0. The first kappa shape index (κ1) is 24.0. The molecule has 180 valence electrons. The van der Waals surface area contributed by atoms with Crippen molar-refractivity contribution >= 4 is 40.4 Å². The lowest BCUT2D eigenvalue weighted by Gasteiger charge is -2.25. The van der Waals surface area contributed by atoms with Crippen LogP contribution in [0.25, 0.3) is 23.3 Å². The highest BCUT2D eigenvalue weighted by Gasteiger charge is 2.12. The number of anilines is 3. The molecule has 0 radical (unpaired) electrons. The standard InChI is InChI=1S/C34H29N3/c1-26(30-16-20-35-21-17-30)24-28-8-12-33(13-9-28)37(32-6-4-3-5-7-32)34-14-10-29(11-15-34)25-27(2)31-18-22-36-23-19-31/h3-25H,1-2H3. The van der Waals surface area contributed by atoms with E-state index < -0.39 is 0 Å². The molecular weight excluding hydrogens is 450 g/mol. The molecule has 0 amide bonds. The molecule has 2 aromatic heterocycles. The highest BCUT2D eigenvalue weighted by atomic mass is 15.1. The smallest absolute Gasteiger partial charge is 0.0462 e. The van der Waals surface area contributed by atoms with Crippen molar-refractivity contribution in [3.05, 3.63) is 150 Å². The largest absolute Gasteiger partial charge is 0.311 e. The molecule has 3 nitrogen and oxygen atoms in total. The van der Waals surface area contributed by atoms with E-state index in [9.17, 15) is 0 Å². The third-order valence-corrected chi connectivity index (χ3v) is 6.35. The van der Waals surface area contributed by atoms with Crippen LogP contribution in [0.4, 0.5) is 17.1 Å². The van der Waals surface area contributed by atoms with E-state index in [2.05, 4.69) is 114 Å². The molecule has 0 N–H and O–H groups in total. The molecule has 5 rings (SSSR count). The van der Waals surface area contributed by atoms with E-state index in [4.69, 9.17) is 0 Å². The Morgan fingerprint density at radius 3 is 1.27 bits per heavy atom. The zero-order chi connectivity index (χ0) is 25.5. The van der Waals surface area contributed by atoms with Crippen LogP contribution in [0.5, 0.6) is 0 Å². The van der Waals surface area contributed by atoms with E-state index in [0.717, 1.165) is 28.2 Å². The summed E-state index contributed by atoms with van der Waals surface area (Å²) in [5, 5.41) is 0. The molecule has 3 heteroatoms. The van der Waals surface area contributed by atoms with Gasteiger partial charge < -0.3 is 4.90 Å². The second-order valence-electron chi connectivity index (χ2n) is 8.98. The third kappa shape index (κ3) is 5.91. The fourth-order valence-corrected chi connectivity index (χ4v) is 4.36. The van der Waals surface area contributed by atoms with Crippen LogP contribution in [-0.4, -0.2) is 9.97 Å². The van der Waals surface area contributed by atoms with Gasteiger partial charge >= 0.3 is 0 Å². The van der Waals surface area contributed by atoms with Crippen molar-refractivity contribution < 1.29 is 0 Å². The molecule has 0 saturated carbocycles. The number of para-hydroxylation sites is 1. The van der Waals surface area contributed by atoms with Gasteiger partial charge in [-0.2, -0.15) is 0 Å². The van der Waals surface area contributed by atoms with Gasteiger partial charge in [-0.15, -0.1) is 0 Å². The van der Waals surface area contributed by atoms with E-state index in [-0.39, 0.29) is 0 Å². The zero-order valence-electron chi connectivity index (χ0n) is 21.1. The van der Waals surface area contributed by atoms with Gasteiger partial charge in [0.05, 0.1) is 0 Å². The topological polar surface area (TPSA) is 29.0 Å². The minimum Gasteiger partial charge on any atom is -0.311 e. The van der Waals surface area contributed by atoms with Crippen LogP contribution < -0.4 is 4.90 Å². The van der Waals surface area contributed by atoms with E-state index >= 15 is 0 Å². The molecule has 3 aromatic carbocycles. The molecule has 0 saturated heterocycles. The van der Waals surface area contributed by atoms with Gasteiger partial charge in [0.1, 0.15) is 0 Å². The number of allylic oxidation sites excluding steroid dienone is 2. The molecule has 0 unspecified atom stereocenters. The lowest BCUT2D eigenvalue weighted by atomic mass is 10.0. The molecule has 0 atom stereocenters. The monoisotopic (exact) mass is 479 g/mol. The Morgan fingerprint density at radius 2 is 0.865 bits per heavy atom. The van der Waals surface area contributed by atoms with Crippen LogP contribution in [0.15, 0.2) is 128 Å². The maximum atomic E-state index is 4.12. The summed E-state index contributed by atoms with van der Waals surface area (Å²) in [5.41, 5.74) is 10.5. The number of aromatic nitrogens is 2. The molecule has 0 aliphatic heterocycles. The van der Waals surface area contributed by atoms with Crippen LogP contribution in [0.3, 0.4) is 0 Å². The minimum absolute atomic E-state index is 1.11. The Balaban J connectivity index is 1.44. The first-order valence-electron chi connectivity index (χ1n) is 12.4.